The van der Waals surface area contributed by atoms with Crippen molar-refractivity contribution in [1.29, 1.82) is 0 Å². The maximum Gasteiger partial charge on any atom is 0.0799 e. The highest BCUT2D eigenvalue weighted by Crippen LogP contribution is 2.25. The van der Waals surface area contributed by atoms with E-state index in [1.807, 2.05) is 0 Å². The molecule has 0 amide bonds. The van der Waals surface area contributed by atoms with Gasteiger partial charge in [0.2, 0.25) is 0 Å². The summed E-state index contributed by atoms with van der Waals surface area (Å²) in [5.74, 6) is 0. The summed E-state index contributed by atoms with van der Waals surface area (Å²) >= 11 is 0. The Morgan fingerprint density at radius 1 is 1.05 bits per heavy atom. The highest BCUT2D eigenvalue weighted by atomic mass is 28.3. The van der Waals surface area contributed by atoms with E-state index in [4.69, 9.17) is 4.98 Å². The molecule has 0 aliphatic carbocycles. The standard InChI is InChI=1S/C20H29NSi/c1-15-9-8-10-16(11-15)18-12-17(13-20(2,3)4)19(14-21-18)22(5,6)7/h8-12,14H,13H2,1-7H3. The van der Waals surface area contributed by atoms with E-state index in [2.05, 4.69) is 83.9 Å². The Kier molecular flexibility index (Phi) is 4.62. The van der Waals surface area contributed by atoms with Crippen molar-refractivity contribution < 1.29 is 0 Å². The third kappa shape index (κ3) is 4.29. The van der Waals surface area contributed by atoms with Gasteiger partial charge in [-0.15, -0.1) is 0 Å². The molecule has 0 saturated carbocycles. The Bertz CT molecular complexity index is 660. The van der Waals surface area contributed by atoms with E-state index in [1.54, 1.807) is 0 Å². The zero-order chi connectivity index (χ0) is 16.5. The maximum absolute atomic E-state index is 4.78. The molecule has 22 heavy (non-hydrogen) atoms. The molecule has 1 aromatic carbocycles. The van der Waals surface area contributed by atoms with Crippen molar-refractivity contribution in [2.75, 3.05) is 0 Å². The van der Waals surface area contributed by atoms with E-state index in [0.717, 1.165) is 12.1 Å². The van der Waals surface area contributed by atoms with E-state index in [1.165, 1.54) is 21.9 Å². The summed E-state index contributed by atoms with van der Waals surface area (Å²) in [5.41, 5.74) is 5.38. The van der Waals surface area contributed by atoms with Crippen molar-refractivity contribution in [2.45, 2.75) is 53.8 Å². The first-order valence-electron chi connectivity index (χ1n) is 8.13. The van der Waals surface area contributed by atoms with Gasteiger partial charge >= 0.3 is 0 Å². The Morgan fingerprint density at radius 2 is 1.73 bits per heavy atom. The Hall–Kier alpha value is -1.41. The molecule has 0 radical (unpaired) electrons. The third-order valence-corrected chi connectivity index (χ3v) is 5.90. The number of pyridine rings is 1. The second-order valence-electron chi connectivity index (χ2n) is 8.58. The Morgan fingerprint density at radius 3 is 2.27 bits per heavy atom. The van der Waals surface area contributed by atoms with Crippen LogP contribution in [-0.2, 0) is 6.42 Å². The van der Waals surface area contributed by atoms with Crippen molar-refractivity contribution in [3.8, 4) is 11.3 Å². The van der Waals surface area contributed by atoms with E-state index < -0.39 is 8.07 Å². The van der Waals surface area contributed by atoms with Crippen LogP contribution in [0.5, 0.6) is 0 Å². The van der Waals surface area contributed by atoms with Gasteiger partial charge in [0.15, 0.2) is 0 Å². The zero-order valence-electron chi connectivity index (χ0n) is 15.1. The minimum atomic E-state index is -1.37. The van der Waals surface area contributed by atoms with Gasteiger partial charge < -0.3 is 0 Å². The van der Waals surface area contributed by atoms with Crippen molar-refractivity contribution in [1.82, 2.24) is 4.98 Å². The normalized spacial score (nSPS) is 12.5. The summed E-state index contributed by atoms with van der Waals surface area (Å²) in [6.45, 7) is 16.3. The fourth-order valence-electron chi connectivity index (χ4n) is 2.85. The van der Waals surface area contributed by atoms with Crippen LogP contribution in [0.1, 0.15) is 31.9 Å². The van der Waals surface area contributed by atoms with Gasteiger partial charge in [-0.25, -0.2) is 0 Å². The minimum Gasteiger partial charge on any atom is -0.256 e. The quantitative estimate of drug-likeness (QED) is 0.711. The van der Waals surface area contributed by atoms with Gasteiger partial charge in [-0.2, -0.15) is 0 Å². The Labute approximate surface area is 136 Å². The van der Waals surface area contributed by atoms with E-state index >= 15 is 0 Å². The first kappa shape index (κ1) is 16.9. The molecule has 0 N–H and O–H groups in total. The minimum absolute atomic E-state index is 0.291. The van der Waals surface area contributed by atoms with Gasteiger partial charge in [-0.1, -0.05) is 64.2 Å². The Balaban J connectivity index is 2.54. The number of aromatic nitrogens is 1. The van der Waals surface area contributed by atoms with Crippen LogP contribution < -0.4 is 5.19 Å². The summed E-state index contributed by atoms with van der Waals surface area (Å²) < 4.78 is 0. The first-order valence-corrected chi connectivity index (χ1v) is 11.6. The molecule has 2 heteroatoms. The fraction of sp³-hybridized carbons (Fsp3) is 0.450. The predicted molar refractivity (Wildman–Crippen MR) is 101 cm³/mol. The van der Waals surface area contributed by atoms with Crippen molar-refractivity contribution in [3.05, 3.63) is 47.7 Å². The number of benzene rings is 1. The first-order chi connectivity index (χ1) is 10.1. The lowest BCUT2D eigenvalue weighted by Crippen LogP contribution is -2.41. The van der Waals surface area contributed by atoms with Crippen LogP contribution in [0.4, 0.5) is 0 Å². The van der Waals surface area contributed by atoms with Gasteiger partial charge in [0, 0.05) is 11.8 Å². The second-order valence-corrected chi connectivity index (χ2v) is 13.6. The van der Waals surface area contributed by atoms with Crippen LogP contribution >= 0.6 is 0 Å². The van der Waals surface area contributed by atoms with Crippen LogP contribution in [0, 0.1) is 12.3 Å². The molecular formula is C20H29NSi. The average Bonchev–Trinajstić information content (AvgIpc) is 2.35. The molecule has 0 fully saturated rings. The molecule has 0 atom stereocenters. The number of nitrogens with zero attached hydrogens (tertiary/aromatic N) is 1. The highest BCUT2D eigenvalue weighted by molar-refractivity contribution is 6.89. The molecule has 0 saturated heterocycles. The van der Waals surface area contributed by atoms with Gasteiger partial charge in [-0.05, 0) is 41.6 Å². The average molecular weight is 312 g/mol. The van der Waals surface area contributed by atoms with Gasteiger partial charge in [0.1, 0.15) is 0 Å². The number of hydrogen-bond donors (Lipinski definition) is 0. The molecule has 1 nitrogen and oxygen atoms in total. The summed E-state index contributed by atoms with van der Waals surface area (Å²) in [6.07, 6.45) is 3.25. The number of rotatable bonds is 3. The summed E-state index contributed by atoms with van der Waals surface area (Å²) in [6, 6.07) is 11.0. The molecule has 118 valence electrons. The maximum atomic E-state index is 4.78. The molecular weight excluding hydrogens is 282 g/mol. The largest absolute Gasteiger partial charge is 0.256 e. The van der Waals surface area contributed by atoms with Gasteiger partial charge in [-0.3, -0.25) is 4.98 Å². The van der Waals surface area contributed by atoms with Crippen LogP contribution in [0.3, 0.4) is 0 Å². The second kappa shape index (κ2) is 6.00. The molecule has 0 bridgehead atoms. The molecule has 0 aliphatic rings. The van der Waals surface area contributed by atoms with Crippen molar-refractivity contribution in [3.63, 3.8) is 0 Å². The van der Waals surface area contributed by atoms with Crippen molar-refractivity contribution >= 4 is 13.3 Å². The summed E-state index contributed by atoms with van der Waals surface area (Å²) in [5, 5.41) is 1.50. The van der Waals surface area contributed by atoms with Crippen molar-refractivity contribution in [2.24, 2.45) is 5.41 Å². The smallest absolute Gasteiger partial charge is 0.0799 e. The van der Waals surface area contributed by atoms with Crippen LogP contribution in [0.15, 0.2) is 36.5 Å². The highest BCUT2D eigenvalue weighted by Gasteiger charge is 2.24. The fourth-order valence-corrected chi connectivity index (χ4v) is 4.43. The van der Waals surface area contributed by atoms with Crippen LogP contribution in [0.25, 0.3) is 11.3 Å². The van der Waals surface area contributed by atoms with Gasteiger partial charge in [0.05, 0.1) is 13.8 Å². The molecule has 0 aliphatic heterocycles. The van der Waals surface area contributed by atoms with Crippen LogP contribution in [0.2, 0.25) is 19.6 Å². The van der Waals surface area contributed by atoms with Crippen LogP contribution in [-0.4, -0.2) is 13.1 Å². The molecule has 0 spiro atoms. The summed E-state index contributed by atoms with van der Waals surface area (Å²) in [4.78, 5) is 4.78. The van der Waals surface area contributed by atoms with Gasteiger partial charge in [0.25, 0.3) is 0 Å². The third-order valence-electron chi connectivity index (χ3n) is 3.83. The molecule has 0 unspecified atom stereocenters. The monoisotopic (exact) mass is 311 g/mol. The zero-order valence-corrected chi connectivity index (χ0v) is 16.1. The number of aryl methyl sites for hydroxylation is 1. The number of hydrogen-bond acceptors (Lipinski definition) is 1. The molecule has 1 aromatic heterocycles. The SMILES string of the molecule is Cc1cccc(-c2cc(CC(C)(C)C)c([Si](C)(C)C)cn2)c1. The lowest BCUT2D eigenvalue weighted by molar-refractivity contribution is 0.412. The summed E-state index contributed by atoms with van der Waals surface area (Å²) in [7, 11) is -1.37. The lowest BCUT2D eigenvalue weighted by Gasteiger charge is -2.26. The molecule has 2 aromatic rings. The predicted octanol–water partition coefficient (Wildman–Crippen LogP) is 5.19. The van der Waals surface area contributed by atoms with E-state index in [9.17, 15) is 0 Å². The molecule has 1 heterocycles. The topological polar surface area (TPSA) is 12.9 Å². The molecule has 2 rings (SSSR count). The van der Waals surface area contributed by atoms with E-state index in [0.29, 0.717) is 5.41 Å². The lowest BCUT2D eigenvalue weighted by atomic mass is 9.88. The van der Waals surface area contributed by atoms with E-state index in [-0.39, 0.29) is 0 Å².